The molecule has 2 aliphatic rings. The zero-order valence-corrected chi connectivity index (χ0v) is 22.7. The Kier molecular flexibility index (Phi) is 7.79. The van der Waals surface area contributed by atoms with Crippen LogP contribution in [-0.2, 0) is 16.6 Å². The highest BCUT2D eigenvalue weighted by Gasteiger charge is 2.41. The van der Waals surface area contributed by atoms with E-state index in [1.807, 2.05) is 17.9 Å². The van der Waals surface area contributed by atoms with Crippen LogP contribution < -0.4 is 5.32 Å². The van der Waals surface area contributed by atoms with E-state index in [-0.39, 0.29) is 23.7 Å². The van der Waals surface area contributed by atoms with Crippen molar-refractivity contribution in [3.05, 3.63) is 52.9 Å². The van der Waals surface area contributed by atoms with E-state index >= 15 is 0 Å². The molecule has 12 heteroatoms. The number of hydrogen-bond acceptors (Lipinski definition) is 8. The maximum Gasteiger partial charge on any atom is 0.433 e. The Morgan fingerprint density at radius 1 is 1.18 bits per heavy atom. The molecule has 1 saturated heterocycles. The first-order chi connectivity index (χ1) is 19.0. The summed E-state index contributed by atoms with van der Waals surface area (Å²) in [6.07, 6.45) is 1.59. The first-order valence-corrected chi connectivity index (χ1v) is 14.0. The van der Waals surface area contributed by atoms with Crippen LogP contribution >= 0.6 is 11.3 Å². The first-order valence-electron chi connectivity index (χ1n) is 13.2. The van der Waals surface area contributed by atoms with Crippen molar-refractivity contribution in [1.29, 1.82) is 5.26 Å². The molecule has 1 aliphatic heterocycles. The van der Waals surface area contributed by atoms with Crippen LogP contribution in [0.15, 0.2) is 36.7 Å². The molecule has 210 valence electrons. The number of aliphatic hydroxyl groups is 1. The van der Waals surface area contributed by atoms with Crippen LogP contribution in [0.25, 0.3) is 10.4 Å². The smallest absolute Gasteiger partial charge is 0.383 e. The second-order valence-corrected chi connectivity index (χ2v) is 11.6. The number of amides is 1. The quantitative estimate of drug-likeness (QED) is 0.398. The highest BCUT2D eigenvalue weighted by atomic mass is 32.1. The lowest BCUT2D eigenvalue weighted by Gasteiger charge is -2.37. The van der Waals surface area contributed by atoms with Crippen LogP contribution in [0.2, 0.25) is 0 Å². The standard InChI is InChI=1S/C28H29F3N6O2S/c1-17-12-20(14-21(13-17)35-26-33-9-4-23(36-26)28(29,30)31)22-16-34-25(40-22)27(39)7-2-19(3-8-27)24(38)37-10-5-18(15-32)6-11-37/h4,9,12-14,16,18-19,39H,2-3,5-8,10-11H2,1H3,(H,33,35,36)/t19-,27+. The van der Waals surface area contributed by atoms with Gasteiger partial charge in [0.1, 0.15) is 16.3 Å². The maximum absolute atomic E-state index is 13.0. The van der Waals surface area contributed by atoms with Crippen LogP contribution in [0.1, 0.15) is 54.8 Å². The molecule has 2 aromatic heterocycles. The van der Waals surface area contributed by atoms with E-state index in [9.17, 15) is 23.1 Å². The fourth-order valence-corrected chi connectivity index (χ4v) is 6.42. The van der Waals surface area contributed by atoms with Crippen LogP contribution in [0.5, 0.6) is 0 Å². The molecule has 0 radical (unpaired) electrons. The van der Waals surface area contributed by atoms with Gasteiger partial charge in [0.05, 0.1) is 10.9 Å². The summed E-state index contributed by atoms with van der Waals surface area (Å²) in [7, 11) is 0. The Labute approximate surface area is 233 Å². The minimum atomic E-state index is -4.57. The first kappa shape index (κ1) is 28.0. The number of alkyl halides is 3. The highest BCUT2D eigenvalue weighted by Crippen LogP contribution is 2.43. The van der Waals surface area contributed by atoms with Crippen LogP contribution in [0.4, 0.5) is 24.8 Å². The molecule has 8 nitrogen and oxygen atoms in total. The Morgan fingerprint density at radius 3 is 2.58 bits per heavy atom. The number of nitrogens with zero attached hydrogens (tertiary/aromatic N) is 5. The number of piperidine rings is 1. The molecular formula is C28H29F3N6O2S. The van der Waals surface area contributed by atoms with E-state index in [1.165, 1.54) is 11.3 Å². The number of hydrogen-bond donors (Lipinski definition) is 2. The monoisotopic (exact) mass is 570 g/mol. The predicted molar refractivity (Wildman–Crippen MR) is 143 cm³/mol. The minimum Gasteiger partial charge on any atom is -0.383 e. The van der Waals surface area contributed by atoms with Crippen molar-refractivity contribution in [3.63, 3.8) is 0 Å². The number of aryl methyl sites for hydroxylation is 1. The molecule has 1 amide bonds. The number of carbonyl (C=O) groups is 1. The Morgan fingerprint density at radius 2 is 1.90 bits per heavy atom. The largest absolute Gasteiger partial charge is 0.433 e. The van der Waals surface area contributed by atoms with Gasteiger partial charge in [-0.15, -0.1) is 11.3 Å². The summed E-state index contributed by atoms with van der Waals surface area (Å²) in [5.74, 6) is -0.162. The van der Waals surface area contributed by atoms with Crippen molar-refractivity contribution in [3.8, 4) is 16.5 Å². The molecule has 3 heterocycles. The number of likely N-dealkylation sites (tertiary alicyclic amines) is 1. The number of nitriles is 1. The van der Waals surface area contributed by atoms with Crippen molar-refractivity contribution < 1.29 is 23.1 Å². The lowest BCUT2D eigenvalue weighted by molar-refractivity contribution is -0.141. The van der Waals surface area contributed by atoms with Gasteiger partial charge in [0, 0.05) is 43.0 Å². The molecule has 40 heavy (non-hydrogen) atoms. The number of nitrogens with one attached hydrogen (secondary N) is 1. The van der Waals surface area contributed by atoms with Crippen molar-refractivity contribution in [2.24, 2.45) is 11.8 Å². The number of thiazole rings is 1. The third-order valence-corrected chi connectivity index (χ3v) is 8.86. The van der Waals surface area contributed by atoms with Crippen LogP contribution in [0.3, 0.4) is 0 Å². The van der Waals surface area contributed by atoms with Gasteiger partial charge < -0.3 is 15.3 Å². The third-order valence-electron chi connectivity index (χ3n) is 7.62. The Bertz CT molecular complexity index is 1420. The van der Waals surface area contributed by atoms with Gasteiger partial charge in [-0.25, -0.2) is 15.0 Å². The highest BCUT2D eigenvalue weighted by molar-refractivity contribution is 7.15. The van der Waals surface area contributed by atoms with Gasteiger partial charge in [0.15, 0.2) is 0 Å². The molecule has 2 fully saturated rings. The van der Waals surface area contributed by atoms with Crippen LogP contribution in [-0.4, -0.2) is 44.0 Å². The van der Waals surface area contributed by atoms with Gasteiger partial charge >= 0.3 is 6.18 Å². The van der Waals surface area contributed by atoms with Gasteiger partial charge in [-0.2, -0.15) is 18.4 Å². The normalized spacial score (nSPS) is 22.1. The molecule has 0 unspecified atom stereocenters. The summed E-state index contributed by atoms with van der Waals surface area (Å²) < 4.78 is 39.1. The summed E-state index contributed by atoms with van der Waals surface area (Å²) in [5, 5.41) is 24.0. The average Bonchev–Trinajstić information content (AvgIpc) is 3.44. The fourth-order valence-electron chi connectivity index (χ4n) is 5.37. The zero-order valence-electron chi connectivity index (χ0n) is 21.9. The summed E-state index contributed by atoms with van der Waals surface area (Å²) >= 11 is 1.37. The maximum atomic E-state index is 13.0. The molecule has 0 atom stereocenters. The Hall–Kier alpha value is -3.56. The molecule has 0 bridgehead atoms. The molecule has 0 spiro atoms. The SMILES string of the molecule is Cc1cc(Nc2nccc(C(F)(F)F)n2)cc(-c2cnc([C@]3(O)CC[C@@H](C(=O)N4CCC(C#N)CC4)CC3)s2)c1. The van der Waals surface area contributed by atoms with E-state index < -0.39 is 17.5 Å². The van der Waals surface area contributed by atoms with E-state index in [0.29, 0.717) is 62.3 Å². The van der Waals surface area contributed by atoms with Gasteiger partial charge in [0.25, 0.3) is 0 Å². The predicted octanol–water partition coefficient (Wildman–Crippen LogP) is 5.81. The number of rotatable bonds is 5. The Balaban J connectivity index is 1.26. The third kappa shape index (κ3) is 6.10. The summed E-state index contributed by atoms with van der Waals surface area (Å²) in [5.41, 5.74) is 0.0496. The van der Waals surface area contributed by atoms with Crippen molar-refractivity contribution >= 4 is 28.9 Å². The van der Waals surface area contributed by atoms with Gasteiger partial charge in [-0.05, 0) is 74.8 Å². The summed E-state index contributed by atoms with van der Waals surface area (Å²) in [4.78, 5) is 27.7. The molecule has 1 aromatic carbocycles. The molecule has 1 aliphatic carbocycles. The van der Waals surface area contributed by atoms with Gasteiger partial charge in [0.2, 0.25) is 11.9 Å². The molecule has 5 rings (SSSR count). The molecular weight excluding hydrogens is 541 g/mol. The topological polar surface area (TPSA) is 115 Å². The van der Waals surface area contributed by atoms with E-state index in [2.05, 4.69) is 26.3 Å². The van der Waals surface area contributed by atoms with E-state index in [1.54, 1.807) is 18.3 Å². The number of carbonyl (C=O) groups excluding carboxylic acids is 1. The summed E-state index contributed by atoms with van der Waals surface area (Å²) in [6.45, 7) is 3.10. The van der Waals surface area contributed by atoms with Crippen molar-refractivity contribution in [2.45, 2.75) is 57.2 Å². The number of aromatic nitrogens is 3. The molecule has 2 N–H and O–H groups in total. The van der Waals surface area contributed by atoms with Crippen molar-refractivity contribution in [1.82, 2.24) is 19.9 Å². The molecule has 1 saturated carbocycles. The van der Waals surface area contributed by atoms with E-state index in [0.717, 1.165) is 28.3 Å². The average molecular weight is 571 g/mol. The van der Waals surface area contributed by atoms with Gasteiger partial charge in [-0.1, -0.05) is 6.07 Å². The number of halogens is 3. The van der Waals surface area contributed by atoms with E-state index in [4.69, 9.17) is 5.26 Å². The minimum absolute atomic E-state index is 0.0220. The molecule has 3 aromatic rings. The van der Waals surface area contributed by atoms with Gasteiger partial charge in [-0.3, -0.25) is 4.79 Å². The second-order valence-electron chi connectivity index (χ2n) is 10.5. The number of anilines is 2. The lowest BCUT2D eigenvalue weighted by Crippen LogP contribution is -2.44. The summed E-state index contributed by atoms with van der Waals surface area (Å²) in [6, 6.07) is 8.60. The number of benzene rings is 1. The lowest BCUT2D eigenvalue weighted by atomic mass is 9.78. The van der Waals surface area contributed by atoms with Crippen LogP contribution in [0, 0.1) is 30.1 Å². The zero-order chi connectivity index (χ0) is 28.5. The second kappa shape index (κ2) is 11.1. The fraction of sp³-hybridized carbons (Fsp3) is 0.464. The van der Waals surface area contributed by atoms with Crippen molar-refractivity contribution in [2.75, 3.05) is 18.4 Å².